The molecule has 0 spiro atoms. The summed E-state index contributed by atoms with van der Waals surface area (Å²) in [5.74, 6) is 1.59. The largest absolute Gasteiger partial charge is 0.341 e. The average molecular weight is 507 g/mol. The third-order valence-corrected chi connectivity index (χ3v) is 5.00. The van der Waals surface area contributed by atoms with Crippen LogP contribution in [0.3, 0.4) is 0 Å². The maximum Gasteiger partial charge on any atom is 0.178 e. The summed E-state index contributed by atoms with van der Waals surface area (Å²) in [4.78, 5) is 15.2. The second-order valence-corrected chi connectivity index (χ2v) is 7.44. The zero-order chi connectivity index (χ0) is 17.3. The van der Waals surface area contributed by atoms with E-state index in [-0.39, 0.29) is 26.8 Å². The van der Waals surface area contributed by atoms with Crippen LogP contribution >= 0.6 is 0 Å². The van der Waals surface area contributed by atoms with Crippen LogP contribution in [0.25, 0.3) is 5.69 Å². The van der Waals surface area contributed by atoms with Crippen LogP contribution in [0, 0.1) is 31.7 Å². The molecule has 0 radical (unpaired) electrons. The molecule has 4 heteroatoms. The van der Waals surface area contributed by atoms with Gasteiger partial charge in [0, 0.05) is 51.1 Å². The van der Waals surface area contributed by atoms with E-state index >= 15 is 0 Å². The molecule has 1 aliphatic heterocycles. The van der Waals surface area contributed by atoms with Crippen molar-refractivity contribution < 1.29 is 25.9 Å². The number of rotatable bonds is 4. The Morgan fingerprint density at radius 3 is 2.36 bits per heavy atom. The Hall–Kier alpha value is -1.18. The van der Waals surface area contributed by atoms with E-state index in [9.17, 15) is 4.79 Å². The second kappa shape index (κ2) is 8.47. The van der Waals surface area contributed by atoms with E-state index in [1.165, 1.54) is 6.42 Å². The Balaban J connectivity index is 0.00000225. The molecule has 0 N–H and O–H groups in total. The van der Waals surface area contributed by atoms with E-state index in [1.807, 2.05) is 37.3 Å². The molecule has 25 heavy (non-hydrogen) atoms. The zero-order valence-corrected chi connectivity index (χ0v) is 18.5. The van der Waals surface area contributed by atoms with Crippen molar-refractivity contribution in [3.63, 3.8) is 0 Å². The predicted octanol–water partition coefficient (Wildman–Crippen LogP) is 4.05. The number of piperidine rings is 1. The first kappa shape index (κ1) is 20.1. The number of hydrogen-bond acceptors (Lipinski definition) is 2. The van der Waals surface area contributed by atoms with E-state index in [0.717, 1.165) is 35.7 Å². The van der Waals surface area contributed by atoms with Gasteiger partial charge in [-0.15, -0.1) is 12.1 Å². The summed E-state index contributed by atoms with van der Waals surface area (Å²) < 4.78 is 2.16. The molecule has 1 fully saturated rings. The van der Waals surface area contributed by atoms with Crippen molar-refractivity contribution >= 4 is 5.78 Å². The Labute approximate surface area is 165 Å². The monoisotopic (exact) mass is 507 g/mol. The Morgan fingerprint density at radius 1 is 1.16 bits per heavy atom. The summed E-state index contributed by atoms with van der Waals surface area (Å²) in [6.45, 7) is 11.3. The number of carbonyl (C=O) groups excluding carboxylic acids is 1. The van der Waals surface area contributed by atoms with Gasteiger partial charge in [0.2, 0.25) is 0 Å². The van der Waals surface area contributed by atoms with Gasteiger partial charge in [0.05, 0.1) is 6.54 Å². The molecule has 2 heterocycles. The van der Waals surface area contributed by atoms with Gasteiger partial charge in [-0.2, -0.15) is 18.2 Å². The number of carbonyl (C=O) groups is 1. The van der Waals surface area contributed by atoms with Crippen LogP contribution in [0.2, 0.25) is 0 Å². The molecule has 3 rings (SSSR count). The van der Waals surface area contributed by atoms with Crippen molar-refractivity contribution in [3.05, 3.63) is 53.3 Å². The van der Waals surface area contributed by atoms with E-state index in [2.05, 4.69) is 36.3 Å². The van der Waals surface area contributed by atoms with Crippen LogP contribution < -0.4 is 0 Å². The van der Waals surface area contributed by atoms with E-state index < -0.39 is 0 Å². The first-order valence-corrected chi connectivity index (χ1v) is 8.86. The molecule has 0 amide bonds. The van der Waals surface area contributed by atoms with Crippen molar-refractivity contribution in [2.24, 2.45) is 11.8 Å². The van der Waals surface area contributed by atoms with Crippen molar-refractivity contribution in [1.82, 2.24) is 9.47 Å². The first-order valence-electron chi connectivity index (χ1n) is 8.86. The minimum Gasteiger partial charge on any atom is -0.341 e. The summed E-state index contributed by atoms with van der Waals surface area (Å²) in [5, 5.41) is 0. The smallest absolute Gasteiger partial charge is 0.178 e. The van der Waals surface area contributed by atoms with Gasteiger partial charge in [0.25, 0.3) is 0 Å². The molecule has 0 aliphatic carbocycles. The van der Waals surface area contributed by atoms with E-state index in [1.54, 1.807) is 0 Å². The van der Waals surface area contributed by atoms with Gasteiger partial charge in [-0.25, -0.2) is 0 Å². The summed E-state index contributed by atoms with van der Waals surface area (Å²) in [6.07, 6.45) is 1.27. The van der Waals surface area contributed by atoms with Gasteiger partial charge in [0.15, 0.2) is 5.78 Å². The Bertz CT molecular complexity index is 713. The number of ketones is 1. The molecular weight excluding hydrogens is 480 g/mol. The second-order valence-electron chi connectivity index (χ2n) is 7.44. The fraction of sp³-hybridized carbons (Fsp3) is 0.476. The first-order chi connectivity index (χ1) is 11.5. The number of aryl methyl sites for hydroxylation is 1. The zero-order valence-electron chi connectivity index (χ0n) is 15.6. The molecule has 3 nitrogen and oxygen atoms in total. The topological polar surface area (TPSA) is 25.2 Å². The predicted molar refractivity (Wildman–Crippen MR) is 97.8 cm³/mol. The summed E-state index contributed by atoms with van der Waals surface area (Å²) in [5.41, 5.74) is 4.07. The average Bonchev–Trinajstić information content (AvgIpc) is 2.82. The molecule has 1 saturated heterocycles. The molecule has 2 unspecified atom stereocenters. The van der Waals surface area contributed by atoms with Crippen molar-refractivity contribution in [2.75, 3.05) is 19.6 Å². The summed E-state index contributed by atoms with van der Waals surface area (Å²) in [7, 11) is 0. The number of aromatic nitrogens is 1. The number of hydrogen-bond donors (Lipinski definition) is 0. The van der Waals surface area contributed by atoms with Crippen LogP contribution in [-0.2, 0) is 21.1 Å². The van der Waals surface area contributed by atoms with Gasteiger partial charge in [-0.1, -0.05) is 19.5 Å². The third-order valence-electron chi connectivity index (χ3n) is 5.00. The Morgan fingerprint density at radius 2 is 1.76 bits per heavy atom. The van der Waals surface area contributed by atoms with E-state index in [4.69, 9.17) is 0 Å². The summed E-state index contributed by atoms with van der Waals surface area (Å²) in [6, 6.07) is 13.0. The van der Waals surface area contributed by atoms with Crippen molar-refractivity contribution in [3.8, 4) is 5.69 Å². The number of likely N-dealkylation sites (tertiary alicyclic amines) is 1. The van der Waals surface area contributed by atoms with Crippen LogP contribution in [0.5, 0.6) is 0 Å². The van der Waals surface area contributed by atoms with Crippen LogP contribution in [-0.4, -0.2) is 34.9 Å². The molecule has 0 bridgehead atoms. The fourth-order valence-electron chi connectivity index (χ4n) is 4.18. The third kappa shape index (κ3) is 4.51. The van der Waals surface area contributed by atoms with Crippen LogP contribution in [0.15, 0.2) is 30.3 Å². The normalized spacial score (nSPS) is 21.0. The minimum atomic E-state index is 0. The van der Waals surface area contributed by atoms with Gasteiger partial charge < -0.3 is 4.57 Å². The SMILES string of the molecule is Cc1cc(C(=O)CN2CC(C)CC(C)C2)c(C)n1-c1cc[c-]cc1.[W]. The van der Waals surface area contributed by atoms with Gasteiger partial charge >= 0.3 is 0 Å². The molecule has 134 valence electrons. The molecular formula is C21H27N2OW-. The maximum atomic E-state index is 12.9. The maximum absolute atomic E-state index is 12.9. The summed E-state index contributed by atoms with van der Waals surface area (Å²) >= 11 is 0. The number of nitrogens with zero attached hydrogens (tertiary/aromatic N) is 2. The molecule has 1 aromatic heterocycles. The van der Waals surface area contributed by atoms with Gasteiger partial charge in [0.1, 0.15) is 0 Å². The van der Waals surface area contributed by atoms with Crippen LogP contribution in [0.4, 0.5) is 0 Å². The molecule has 0 saturated carbocycles. The van der Waals surface area contributed by atoms with Crippen molar-refractivity contribution in [2.45, 2.75) is 34.1 Å². The quantitative estimate of drug-likeness (QED) is 0.461. The number of Topliss-reactive ketones (excluding diaryl/α,β-unsaturated/α-hetero) is 1. The minimum absolute atomic E-state index is 0. The molecule has 1 aliphatic rings. The van der Waals surface area contributed by atoms with E-state index in [0.29, 0.717) is 18.4 Å². The van der Waals surface area contributed by atoms with Crippen molar-refractivity contribution in [1.29, 1.82) is 0 Å². The molecule has 1 aromatic carbocycles. The fourth-order valence-corrected chi connectivity index (χ4v) is 4.18. The Kier molecular flexibility index (Phi) is 6.82. The van der Waals surface area contributed by atoms with Gasteiger partial charge in [-0.05, 0) is 38.2 Å². The van der Waals surface area contributed by atoms with Crippen LogP contribution in [0.1, 0.15) is 42.0 Å². The molecule has 2 aromatic rings. The number of benzene rings is 1. The van der Waals surface area contributed by atoms with Gasteiger partial charge in [-0.3, -0.25) is 9.69 Å². The standard InChI is InChI=1S/C21H27N2O.W/c1-15-10-16(2)13-22(12-15)14-21(24)20-11-17(3)23(18(20)4)19-8-6-5-7-9-19;/h6-9,11,15-16H,10,12-14H2,1-4H3;/q-1;. The molecule has 2 atom stereocenters.